The van der Waals surface area contributed by atoms with Gasteiger partial charge in [-0.25, -0.2) is 4.98 Å². The second-order valence-corrected chi connectivity index (χ2v) is 8.46. The quantitative estimate of drug-likeness (QED) is 0.576. The van der Waals surface area contributed by atoms with Gasteiger partial charge in [0.2, 0.25) is 5.91 Å². The molecule has 136 valence electrons. The van der Waals surface area contributed by atoms with E-state index in [-0.39, 0.29) is 11.2 Å². The van der Waals surface area contributed by atoms with Crippen LogP contribution in [0.25, 0.3) is 10.2 Å². The lowest BCUT2D eigenvalue weighted by atomic mass is 10.2. The second kappa shape index (κ2) is 8.16. The molecule has 0 bridgehead atoms. The third-order valence-corrected chi connectivity index (χ3v) is 6.11. The topological polar surface area (TPSA) is 60.5 Å². The molecule has 0 aliphatic rings. The molecule has 1 unspecified atom stereocenters. The van der Waals surface area contributed by atoms with E-state index in [1.807, 2.05) is 25.1 Å². The third kappa shape index (κ3) is 4.23. The number of carbonyl (C=O) groups excluding carboxylic acids is 1. The summed E-state index contributed by atoms with van der Waals surface area (Å²) < 4.78 is 12.4. The van der Waals surface area contributed by atoms with E-state index in [9.17, 15) is 4.79 Å². The third-order valence-electron chi connectivity index (χ3n) is 3.64. The van der Waals surface area contributed by atoms with Crippen molar-refractivity contribution in [1.82, 2.24) is 4.98 Å². The van der Waals surface area contributed by atoms with Gasteiger partial charge in [0, 0.05) is 11.1 Å². The number of thioether (sulfide) groups is 1. The van der Waals surface area contributed by atoms with Crippen molar-refractivity contribution in [2.45, 2.75) is 16.5 Å². The number of amides is 1. The lowest BCUT2D eigenvalue weighted by Gasteiger charge is -2.14. The Morgan fingerprint density at radius 2 is 2.04 bits per heavy atom. The van der Waals surface area contributed by atoms with E-state index in [4.69, 9.17) is 21.1 Å². The van der Waals surface area contributed by atoms with Crippen molar-refractivity contribution in [3.63, 3.8) is 0 Å². The van der Waals surface area contributed by atoms with Gasteiger partial charge in [0.25, 0.3) is 0 Å². The number of hydrogen-bond acceptors (Lipinski definition) is 6. The van der Waals surface area contributed by atoms with E-state index >= 15 is 0 Å². The molecule has 0 saturated carbocycles. The molecule has 0 aliphatic heterocycles. The van der Waals surface area contributed by atoms with Gasteiger partial charge in [-0.3, -0.25) is 4.79 Å². The first-order valence-electron chi connectivity index (χ1n) is 7.76. The van der Waals surface area contributed by atoms with Crippen molar-refractivity contribution < 1.29 is 14.3 Å². The van der Waals surface area contributed by atoms with Crippen LogP contribution in [0, 0.1) is 0 Å². The summed E-state index contributed by atoms with van der Waals surface area (Å²) in [5.74, 6) is 1.08. The predicted molar refractivity (Wildman–Crippen MR) is 108 cm³/mol. The molecule has 3 rings (SSSR count). The van der Waals surface area contributed by atoms with E-state index < -0.39 is 0 Å². The fourth-order valence-corrected chi connectivity index (χ4v) is 4.64. The standard InChI is InChI=1S/C18H17ClN2O3S2/c1-10(25-18-21-14-8-11(19)4-7-16(14)26-18)17(22)20-13-9-12(23-2)5-6-15(13)24-3/h4-10H,1-3H3,(H,20,22). The summed E-state index contributed by atoms with van der Waals surface area (Å²) in [5.41, 5.74) is 1.41. The first-order valence-corrected chi connectivity index (χ1v) is 9.83. The van der Waals surface area contributed by atoms with Crippen molar-refractivity contribution in [2.24, 2.45) is 0 Å². The molecule has 0 aliphatic carbocycles. The van der Waals surface area contributed by atoms with Crippen LogP contribution >= 0.6 is 34.7 Å². The van der Waals surface area contributed by atoms with Crippen molar-refractivity contribution in [1.29, 1.82) is 0 Å². The number of thiazole rings is 1. The van der Waals surface area contributed by atoms with Crippen LogP contribution in [0.2, 0.25) is 5.02 Å². The first kappa shape index (κ1) is 18.8. The minimum Gasteiger partial charge on any atom is -0.497 e. The molecule has 0 spiro atoms. The summed E-state index contributed by atoms with van der Waals surface area (Å²) >= 11 is 8.95. The maximum atomic E-state index is 12.6. The Labute approximate surface area is 164 Å². The van der Waals surface area contributed by atoms with Gasteiger partial charge in [0.05, 0.1) is 35.4 Å². The van der Waals surface area contributed by atoms with Crippen LogP contribution in [0.1, 0.15) is 6.92 Å². The van der Waals surface area contributed by atoms with Crippen molar-refractivity contribution in [3.05, 3.63) is 41.4 Å². The Kier molecular flexibility index (Phi) is 5.90. The predicted octanol–water partition coefficient (Wildman–Crippen LogP) is 5.09. The molecule has 8 heteroatoms. The first-order chi connectivity index (χ1) is 12.5. The fraction of sp³-hybridized carbons (Fsp3) is 0.222. The summed E-state index contributed by atoms with van der Waals surface area (Å²) in [6.07, 6.45) is 0. The number of fused-ring (bicyclic) bond motifs is 1. The van der Waals surface area contributed by atoms with Gasteiger partial charge in [-0.2, -0.15) is 0 Å². The number of carbonyl (C=O) groups is 1. The summed E-state index contributed by atoms with van der Waals surface area (Å²) in [6, 6.07) is 10.9. The average molecular weight is 409 g/mol. The summed E-state index contributed by atoms with van der Waals surface area (Å²) in [7, 11) is 3.13. The van der Waals surface area contributed by atoms with Gasteiger partial charge >= 0.3 is 0 Å². The number of aromatic nitrogens is 1. The zero-order valence-electron chi connectivity index (χ0n) is 14.4. The normalized spacial score (nSPS) is 12.0. The maximum absolute atomic E-state index is 12.6. The average Bonchev–Trinajstić information content (AvgIpc) is 3.02. The Hall–Kier alpha value is -1.96. The lowest BCUT2D eigenvalue weighted by molar-refractivity contribution is -0.115. The van der Waals surface area contributed by atoms with Crippen LogP contribution in [0.4, 0.5) is 5.69 Å². The van der Waals surface area contributed by atoms with Gasteiger partial charge in [0.1, 0.15) is 11.5 Å². The molecule has 0 saturated heterocycles. The number of benzene rings is 2. The molecule has 1 heterocycles. The smallest absolute Gasteiger partial charge is 0.237 e. The molecule has 1 atom stereocenters. The van der Waals surface area contributed by atoms with Crippen molar-refractivity contribution in [2.75, 3.05) is 19.5 Å². The molecule has 1 aromatic heterocycles. The van der Waals surface area contributed by atoms with Crippen LogP contribution in [-0.2, 0) is 4.79 Å². The van der Waals surface area contributed by atoms with E-state index in [1.54, 1.807) is 43.8 Å². The van der Waals surface area contributed by atoms with E-state index in [0.29, 0.717) is 22.2 Å². The number of hydrogen-bond donors (Lipinski definition) is 1. The number of halogens is 1. The Morgan fingerprint density at radius 3 is 2.77 bits per heavy atom. The summed E-state index contributed by atoms with van der Waals surface area (Å²) in [5, 5.41) is 3.21. The molecule has 5 nitrogen and oxygen atoms in total. The summed E-state index contributed by atoms with van der Waals surface area (Å²) in [6.45, 7) is 1.84. The van der Waals surface area contributed by atoms with Gasteiger partial charge < -0.3 is 14.8 Å². The van der Waals surface area contributed by atoms with Crippen molar-refractivity contribution >= 4 is 56.5 Å². The van der Waals surface area contributed by atoms with Gasteiger partial charge in [-0.15, -0.1) is 11.3 Å². The fourth-order valence-electron chi connectivity index (χ4n) is 2.28. The van der Waals surface area contributed by atoms with Crippen LogP contribution in [0.15, 0.2) is 40.7 Å². The largest absolute Gasteiger partial charge is 0.497 e. The zero-order valence-corrected chi connectivity index (χ0v) is 16.8. The number of ether oxygens (including phenoxy) is 2. The number of rotatable bonds is 6. The van der Waals surface area contributed by atoms with Crippen LogP contribution in [0.3, 0.4) is 0 Å². The minimum absolute atomic E-state index is 0.140. The van der Waals surface area contributed by atoms with E-state index in [2.05, 4.69) is 10.3 Å². The highest BCUT2D eigenvalue weighted by Crippen LogP contribution is 2.34. The SMILES string of the molecule is COc1ccc(OC)c(NC(=O)C(C)Sc2nc3cc(Cl)ccc3s2)c1. The van der Waals surface area contributed by atoms with Gasteiger partial charge in [-0.05, 0) is 37.3 Å². The van der Waals surface area contributed by atoms with E-state index in [1.165, 1.54) is 11.8 Å². The van der Waals surface area contributed by atoms with Crippen LogP contribution in [0.5, 0.6) is 11.5 Å². The highest BCUT2D eigenvalue weighted by molar-refractivity contribution is 8.02. The second-order valence-electron chi connectivity index (χ2n) is 5.41. The highest BCUT2D eigenvalue weighted by Gasteiger charge is 2.19. The number of nitrogens with one attached hydrogen (secondary N) is 1. The number of anilines is 1. The molecule has 26 heavy (non-hydrogen) atoms. The molecule has 1 amide bonds. The van der Waals surface area contributed by atoms with Crippen LogP contribution in [-0.4, -0.2) is 30.4 Å². The van der Waals surface area contributed by atoms with Crippen LogP contribution < -0.4 is 14.8 Å². The Bertz CT molecular complexity index is 945. The summed E-state index contributed by atoms with van der Waals surface area (Å²) in [4.78, 5) is 17.1. The molecule has 0 radical (unpaired) electrons. The lowest BCUT2D eigenvalue weighted by Crippen LogP contribution is -2.22. The number of nitrogens with zero attached hydrogens (tertiary/aromatic N) is 1. The Balaban J connectivity index is 1.73. The minimum atomic E-state index is -0.332. The zero-order chi connectivity index (χ0) is 18.7. The molecular weight excluding hydrogens is 392 g/mol. The van der Waals surface area contributed by atoms with Crippen molar-refractivity contribution in [3.8, 4) is 11.5 Å². The Morgan fingerprint density at radius 1 is 1.23 bits per heavy atom. The molecule has 3 aromatic rings. The van der Waals surface area contributed by atoms with E-state index in [0.717, 1.165) is 14.6 Å². The number of methoxy groups -OCH3 is 2. The van der Waals surface area contributed by atoms with Gasteiger partial charge in [0.15, 0.2) is 4.34 Å². The molecule has 2 aromatic carbocycles. The highest BCUT2D eigenvalue weighted by atomic mass is 35.5. The van der Waals surface area contributed by atoms with Gasteiger partial charge in [-0.1, -0.05) is 23.4 Å². The maximum Gasteiger partial charge on any atom is 0.237 e. The molecule has 0 fully saturated rings. The monoisotopic (exact) mass is 408 g/mol. The molecular formula is C18H17ClN2O3S2. The molecule has 1 N–H and O–H groups in total.